The van der Waals surface area contributed by atoms with E-state index in [0.29, 0.717) is 29.2 Å². The van der Waals surface area contributed by atoms with E-state index in [4.69, 9.17) is 4.74 Å². The highest BCUT2D eigenvalue weighted by Crippen LogP contribution is 2.34. The molecule has 25 heavy (non-hydrogen) atoms. The zero-order valence-electron chi connectivity index (χ0n) is 12.9. The molecule has 3 rings (SSSR count). The molecule has 4 nitrogen and oxygen atoms in total. The summed E-state index contributed by atoms with van der Waals surface area (Å²) in [6, 6.07) is 7.31. The summed E-state index contributed by atoms with van der Waals surface area (Å²) in [6.45, 7) is 1.69. The maximum atomic E-state index is 13.3. The molecule has 0 aliphatic carbocycles. The van der Waals surface area contributed by atoms with Gasteiger partial charge in [0, 0.05) is 29.7 Å². The molecule has 1 aromatic carbocycles. The Bertz CT molecular complexity index is 898. The van der Waals surface area contributed by atoms with Crippen LogP contribution in [0.2, 0.25) is 0 Å². The van der Waals surface area contributed by atoms with Gasteiger partial charge in [0.1, 0.15) is 11.6 Å². The highest BCUT2D eigenvalue weighted by atomic mass is 19.4. The number of nitrogens with zero attached hydrogens (tertiary/aromatic N) is 3. The number of alkyl halides is 3. The summed E-state index contributed by atoms with van der Waals surface area (Å²) in [6.07, 6.45) is -1.67. The van der Waals surface area contributed by atoms with Crippen molar-refractivity contribution < 1.29 is 22.3 Å². The van der Waals surface area contributed by atoms with Gasteiger partial charge in [0.05, 0.1) is 5.56 Å². The van der Waals surface area contributed by atoms with Crippen LogP contribution in [0.15, 0.2) is 48.8 Å². The summed E-state index contributed by atoms with van der Waals surface area (Å²) in [5.41, 5.74) is -0.212. The second-order valence-corrected chi connectivity index (χ2v) is 5.15. The zero-order valence-corrected chi connectivity index (χ0v) is 12.9. The third-order valence-corrected chi connectivity index (χ3v) is 3.22. The lowest BCUT2D eigenvalue weighted by molar-refractivity contribution is -0.140. The molecule has 0 spiro atoms. The first-order valence-electron chi connectivity index (χ1n) is 7.13. The number of halogens is 4. The van der Waals surface area contributed by atoms with Crippen LogP contribution < -0.4 is 4.74 Å². The van der Waals surface area contributed by atoms with E-state index in [1.54, 1.807) is 31.5 Å². The molecule has 0 radical (unpaired) electrons. The Kier molecular flexibility index (Phi) is 4.35. The minimum Gasteiger partial charge on any atom is -0.439 e. The van der Waals surface area contributed by atoms with Crippen molar-refractivity contribution in [3.05, 3.63) is 65.9 Å². The van der Waals surface area contributed by atoms with Crippen LogP contribution in [-0.2, 0) is 6.18 Å². The smallest absolute Gasteiger partial charge is 0.419 e. The number of hydrogen-bond acceptors (Lipinski definition) is 4. The highest BCUT2D eigenvalue weighted by molar-refractivity contribution is 5.54. The van der Waals surface area contributed by atoms with E-state index in [0.717, 1.165) is 6.07 Å². The predicted octanol–water partition coefficient (Wildman–Crippen LogP) is 4.80. The van der Waals surface area contributed by atoms with Gasteiger partial charge in [0.15, 0.2) is 5.82 Å². The van der Waals surface area contributed by atoms with Gasteiger partial charge in [-0.1, -0.05) is 0 Å². The lowest BCUT2D eigenvalue weighted by Crippen LogP contribution is -2.08. The van der Waals surface area contributed by atoms with Gasteiger partial charge in [-0.25, -0.2) is 9.37 Å². The molecule has 128 valence electrons. The van der Waals surface area contributed by atoms with Crippen LogP contribution in [0.1, 0.15) is 11.3 Å². The summed E-state index contributed by atoms with van der Waals surface area (Å²) >= 11 is 0. The number of aryl methyl sites for hydroxylation is 1. The summed E-state index contributed by atoms with van der Waals surface area (Å²) in [7, 11) is 0. The normalized spacial score (nSPS) is 11.4. The van der Waals surface area contributed by atoms with Gasteiger partial charge >= 0.3 is 6.18 Å². The van der Waals surface area contributed by atoms with Gasteiger partial charge in [-0.2, -0.15) is 18.2 Å². The number of aromatic nitrogens is 3. The maximum Gasteiger partial charge on any atom is 0.419 e. The first kappa shape index (κ1) is 16.8. The Morgan fingerprint density at radius 2 is 1.84 bits per heavy atom. The zero-order chi connectivity index (χ0) is 18.0. The van der Waals surface area contributed by atoms with Crippen molar-refractivity contribution in [3.8, 4) is 23.0 Å². The predicted molar refractivity (Wildman–Crippen MR) is 81.5 cm³/mol. The molecular weight excluding hydrogens is 338 g/mol. The van der Waals surface area contributed by atoms with Crippen LogP contribution in [0, 0.1) is 12.7 Å². The lowest BCUT2D eigenvalue weighted by Gasteiger charge is -2.11. The minimum absolute atomic E-state index is 0.0473. The second kappa shape index (κ2) is 6.46. The topological polar surface area (TPSA) is 47.9 Å². The molecule has 8 heteroatoms. The van der Waals surface area contributed by atoms with Crippen LogP contribution >= 0.6 is 0 Å². The van der Waals surface area contributed by atoms with Gasteiger partial charge < -0.3 is 4.74 Å². The highest BCUT2D eigenvalue weighted by Gasteiger charge is 2.34. The third-order valence-electron chi connectivity index (χ3n) is 3.22. The second-order valence-electron chi connectivity index (χ2n) is 5.15. The average molecular weight is 349 g/mol. The molecule has 2 heterocycles. The van der Waals surface area contributed by atoms with Crippen LogP contribution in [0.3, 0.4) is 0 Å². The van der Waals surface area contributed by atoms with Crippen LogP contribution in [0.5, 0.6) is 11.6 Å². The summed E-state index contributed by atoms with van der Waals surface area (Å²) in [5.74, 6) is -1.17. The first-order valence-corrected chi connectivity index (χ1v) is 7.13. The Hall–Kier alpha value is -3.03. The van der Waals surface area contributed by atoms with Gasteiger partial charge in [0.2, 0.25) is 5.88 Å². The van der Waals surface area contributed by atoms with Crippen molar-refractivity contribution in [2.24, 2.45) is 0 Å². The van der Waals surface area contributed by atoms with Crippen molar-refractivity contribution in [2.45, 2.75) is 13.1 Å². The largest absolute Gasteiger partial charge is 0.439 e. The molecule has 3 aromatic rings. The van der Waals surface area contributed by atoms with E-state index in [-0.39, 0.29) is 11.6 Å². The number of benzene rings is 1. The minimum atomic E-state index is -4.81. The van der Waals surface area contributed by atoms with E-state index in [2.05, 4.69) is 15.0 Å². The van der Waals surface area contributed by atoms with E-state index < -0.39 is 17.6 Å². The summed E-state index contributed by atoms with van der Waals surface area (Å²) in [5, 5.41) is 0. The molecular formula is C17H11F4N3O. The van der Waals surface area contributed by atoms with Crippen LogP contribution in [0.4, 0.5) is 17.6 Å². The fraction of sp³-hybridized carbons (Fsp3) is 0.118. The van der Waals surface area contributed by atoms with Gasteiger partial charge in [0.25, 0.3) is 0 Å². The molecule has 0 N–H and O–H groups in total. The molecule has 0 atom stereocenters. The molecule has 0 bridgehead atoms. The van der Waals surface area contributed by atoms with E-state index in [1.807, 2.05) is 0 Å². The molecule has 0 saturated heterocycles. The Labute approximate surface area is 140 Å². The molecule has 0 aliphatic heterocycles. The van der Waals surface area contributed by atoms with Crippen molar-refractivity contribution in [1.82, 2.24) is 15.0 Å². The van der Waals surface area contributed by atoms with Crippen LogP contribution in [-0.4, -0.2) is 15.0 Å². The molecule has 0 saturated carbocycles. The maximum absolute atomic E-state index is 13.3. The fourth-order valence-electron chi connectivity index (χ4n) is 2.12. The Balaban J connectivity index is 1.95. The van der Waals surface area contributed by atoms with Gasteiger partial charge in [-0.3, -0.25) is 4.98 Å². The molecule has 0 fully saturated rings. The molecule has 0 unspecified atom stereocenters. The van der Waals surface area contributed by atoms with Crippen molar-refractivity contribution >= 4 is 0 Å². The van der Waals surface area contributed by atoms with Crippen molar-refractivity contribution in [2.75, 3.05) is 0 Å². The number of hydrogen-bond donors (Lipinski definition) is 0. The Morgan fingerprint density at radius 1 is 1.04 bits per heavy atom. The van der Waals surface area contributed by atoms with E-state index in [9.17, 15) is 17.6 Å². The number of rotatable bonds is 3. The van der Waals surface area contributed by atoms with E-state index >= 15 is 0 Å². The molecule has 0 amide bonds. The van der Waals surface area contributed by atoms with Gasteiger partial charge in [-0.05, 0) is 37.3 Å². The van der Waals surface area contributed by atoms with Crippen molar-refractivity contribution in [1.29, 1.82) is 0 Å². The average Bonchev–Trinajstić information content (AvgIpc) is 2.56. The number of pyridine rings is 1. The summed E-state index contributed by atoms with van der Waals surface area (Å²) in [4.78, 5) is 12.4. The standard InChI is InChI=1S/C17H11F4N3O/c1-10-7-15(24-16(23-10)11-3-2-6-22-9-11)25-12-4-5-14(18)13(8-12)17(19,20)21/h2-9H,1H3. The fourth-order valence-corrected chi connectivity index (χ4v) is 2.12. The lowest BCUT2D eigenvalue weighted by atomic mass is 10.2. The molecule has 2 aromatic heterocycles. The quantitative estimate of drug-likeness (QED) is 0.638. The van der Waals surface area contributed by atoms with Crippen molar-refractivity contribution in [3.63, 3.8) is 0 Å². The first-order chi connectivity index (χ1) is 11.8. The molecule has 0 aliphatic rings. The Morgan fingerprint density at radius 3 is 2.52 bits per heavy atom. The third kappa shape index (κ3) is 3.90. The van der Waals surface area contributed by atoms with Gasteiger partial charge in [-0.15, -0.1) is 0 Å². The summed E-state index contributed by atoms with van der Waals surface area (Å²) < 4.78 is 57.1. The van der Waals surface area contributed by atoms with Crippen LogP contribution in [0.25, 0.3) is 11.4 Å². The number of ether oxygens (including phenoxy) is 1. The monoisotopic (exact) mass is 349 g/mol. The van der Waals surface area contributed by atoms with E-state index in [1.165, 1.54) is 6.07 Å². The SMILES string of the molecule is Cc1cc(Oc2ccc(F)c(C(F)(F)F)c2)nc(-c2cccnc2)n1.